The molecule has 3 aromatic rings. The molecule has 0 amide bonds. The van der Waals surface area contributed by atoms with Gasteiger partial charge in [-0.1, -0.05) is 0 Å². The second-order valence-corrected chi connectivity index (χ2v) is 8.40. The SMILES string of the molecule is Cc1cc(-c2c(OCC3(CO)CCOCC3)nc(N)nc2-c2ccc(F)cc2)cc(C(F)F)n1. The molecule has 3 heterocycles. The van der Waals surface area contributed by atoms with Gasteiger partial charge in [0, 0.05) is 29.9 Å². The molecule has 180 valence electrons. The predicted molar refractivity (Wildman–Crippen MR) is 120 cm³/mol. The molecule has 0 unspecified atom stereocenters. The van der Waals surface area contributed by atoms with Crippen molar-refractivity contribution in [3.63, 3.8) is 0 Å². The molecule has 1 fully saturated rings. The molecule has 1 aromatic carbocycles. The highest BCUT2D eigenvalue weighted by atomic mass is 19.3. The number of aryl methyl sites for hydroxylation is 1. The molecule has 0 spiro atoms. The number of hydrogen-bond acceptors (Lipinski definition) is 7. The van der Waals surface area contributed by atoms with Gasteiger partial charge in [0.05, 0.1) is 24.5 Å². The van der Waals surface area contributed by atoms with Crippen LogP contribution in [0.2, 0.25) is 0 Å². The van der Waals surface area contributed by atoms with E-state index in [-0.39, 0.29) is 25.0 Å². The Labute approximate surface area is 194 Å². The fourth-order valence-electron chi connectivity index (χ4n) is 3.96. The molecule has 0 aliphatic carbocycles. The summed E-state index contributed by atoms with van der Waals surface area (Å²) in [5, 5.41) is 10.0. The number of pyridine rings is 1. The van der Waals surface area contributed by atoms with Crippen LogP contribution < -0.4 is 10.5 Å². The average molecular weight is 474 g/mol. The summed E-state index contributed by atoms with van der Waals surface area (Å²) in [5.74, 6) is -0.451. The number of alkyl halides is 2. The van der Waals surface area contributed by atoms with Crippen LogP contribution in [0.5, 0.6) is 5.88 Å². The van der Waals surface area contributed by atoms with E-state index in [2.05, 4.69) is 15.0 Å². The fraction of sp³-hybridized carbons (Fsp3) is 0.375. The summed E-state index contributed by atoms with van der Waals surface area (Å²) < 4.78 is 52.2. The standard InChI is InChI=1S/C24H25F3N4O3/c1-14-10-16(11-18(29-14)21(26)27)19-20(15-2-4-17(25)5-3-15)30-23(28)31-22(19)34-13-24(12-32)6-8-33-9-7-24/h2-5,10-11,21,32H,6-9,12-13H2,1H3,(H2,28,30,31). The quantitative estimate of drug-likeness (QED) is 0.525. The van der Waals surface area contributed by atoms with Crippen molar-refractivity contribution in [1.82, 2.24) is 15.0 Å². The first-order valence-corrected chi connectivity index (χ1v) is 10.8. The molecule has 10 heteroatoms. The van der Waals surface area contributed by atoms with Crippen LogP contribution in [0.3, 0.4) is 0 Å². The zero-order valence-corrected chi connectivity index (χ0v) is 18.6. The highest BCUT2D eigenvalue weighted by Crippen LogP contribution is 2.40. The lowest BCUT2D eigenvalue weighted by Gasteiger charge is -2.35. The first-order chi connectivity index (χ1) is 16.3. The van der Waals surface area contributed by atoms with Gasteiger partial charge in [-0.05, 0) is 61.7 Å². The zero-order chi connectivity index (χ0) is 24.3. The van der Waals surface area contributed by atoms with Crippen molar-refractivity contribution in [3.8, 4) is 28.3 Å². The number of anilines is 1. The molecule has 1 aliphatic heterocycles. The van der Waals surface area contributed by atoms with Crippen molar-refractivity contribution in [2.45, 2.75) is 26.2 Å². The molecule has 0 radical (unpaired) electrons. The summed E-state index contributed by atoms with van der Waals surface area (Å²) in [6, 6.07) is 8.44. The van der Waals surface area contributed by atoms with E-state index in [1.165, 1.54) is 30.3 Å². The molecule has 34 heavy (non-hydrogen) atoms. The van der Waals surface area contributed by atoms with E-state index in [4.69, 9.17) is 15.2 Å². The van der Waals surface area contributed by atoms with Crippen LogP contribution in [0.1, 0.15) is 30.7 Å². The molecule has 1 saturated heterocycles. The number of nitrogens with zero attached hydrogens (tertiary/aromatic N) is 3. The van der Waals surface area contributed by atoms with E-state index in [1.807, 2.05) is 0 Å². The smallest absolute Gasteiger partial charge is 0.280 e. The summed E-state index contributed by atoms with van der Waals surface area (Å²) in [6.45, 7) is 2.59. The first kappa shape index (κ1) is 23.9. The molecule has 0 bridgehead atoms. The minimum atomic E-state index is -2.79. The number of hydrogen-bond donors (Lipinski definition) is 2. The van der Waals surface area contributed by atoms with Crippen LogP contribution in [-0.2, 0) is 4.74 Å². The van der Waals surface area contributed by atoms with Crippen molar-refractivity contribution in [3.05, 3.63) is 53.6 Å². The predicted octanol–water partition coefficient (Wildman–Crippen LogP) is 4.34. The van der Waals surface area contributed by atoms with Crippen LogP contribution in [0.4, 0.5) is 19.1 Å². The number of ether oxygens (including phenoxy) is 2. The Morgan fingerprint density at radius 3 is 2.44 bits per heavy atom. The zero-order valence-electron chi connectivity index (χ0n) is 18.6. The fourth-order valence-corrected chi connectivity index (χ4v) is 3.96. The van der Waals surface area contributed by atoms with E-state index in [1.54, 1.807) is 13.0 Å². The highest BCUT2D eigenvalue weighted by Gasteiger charge is 2.34. The lowest BCUT2D eigenvalue weighted by Crippen LogP contribution is -2.38. The second-order valence-electron chi connectivity index (χ2n) is 8.40. The van der Waals surface area contributed by atoms with Crippen molar-refractivity contribution >= 4 is 5.95 Å². The summed E-state index contributed by atoms with van der Waals surface area (Å²) >= 11 is 0. The number of aromatic nitrogens is 3. The lowest BCUT2D eigenvalue weighted by atomic mass is 9.82. The van der Waals surface area contributed by atoms with Crippen molar-refractivity contribution in [2.75, 3.05) is 32.2 Å². The van der Waals surface area contributed by atoms with Crippen LogP contribution >= 0.6 is 0 Å². The summed E-state index contributed by atoms with van der Waals surface area (Å²) in [7, 11) is 0. The van der Waals surface area contributed by atoms with Gasteiger partial charge in [0.25, 0.3) is 6.43 Å². The van der Waals surface area contributed by atoms with E-state index in [9.17, 15) is 18.3 Å². The van der Waals surface area contributed by atoms with Gasteiger partial charge in [-0.25, -0.2) is 18.2 Å². The Bertz CT molecular complexity index is 1150. The van der Waals surface area contributed by atoms with E-state index >= 15 is 0 Å². The average Bonchev–Trinajstić information content (AvgIpc) is 2.83. The molecule has 4 rings (SSSR count). The van der Waals surface area contributed by atoms with Gasteiger partial charge < -0.3 is 20.3 Å². The lowest BCUT2D eigenvalue weighted by molar-refractivity contribution is -0.0401. The summed E-state index contributed by atoms with van der Waals surface area (Å²) in [6.07, 6.45) is -1.60. The number of aliphatic hydroxyl groups excluding tert-OH is 1. The number of benzene rings is 1. The monoisotopic (exact) mass is 474 g/mol. The van der Waals surface area contributed by atoms with Gasteiger partial charge in [-0.15, -0.1) is 0 Å². The van der Waals surface area contributed by atoms with Crippen LogP contribution in [-0.4, -0.2) is 46.5 Å². The maximum atomic E-state index is 13.6. The largest absolute Gasteiger partial charge is 0.476 e. The van der Waals surface area contributed by atoms with Gasteiger partial charge in [0.15, 0.2) is 0 Å². The van der Waals surface area contributed by atoms with Crippen molar-refractivity contribution in [1.29, 1.82) is 0 Å². The molecular formula is C24H25F3N4O3. The van der Waals surface area contributed by atoms with E-state index < -0.39 is 23.4 Å². The third-order valence-corrected chi connectivity index (χ3v) is 5.90. The third-order valence-electron chi connectivity index (χ3n) is 5.90. The van der Waals surface area contributed by atoms with Crippen LogP contribution in [0, 0.1) is 18.2 Å². The van der Waals surface area contributed by atoms with Gasteiger partial charge in [0.2, 0.25) is 11.8 Å². The molecular weight excluding hydrogens is 449 g/mol. The number of aliphatic hydroxyl groups is 1. The van der Waals surface area contributed by atoms with Gasteiger partial charge >= 0.3 is 0 Å². The topological polar surface area (TPSA) is 103 Å². The summed E-state index contributed by atoms with van der Waals surface area (Å²) in [5.41, 5.74) is 6.91. The number of halogens is 3. The highest BCUT2D eigenvalue weighted by molar-refractivity contribution is 5.85. The van der Waals surface area contributed by atoms with Crippen molar-refractivity contribution < 1.29 is 27.8 Å². The Morgan fingerprint density at radius 1 is 1.09 bits per heavy atom. The molecule has 0 saturated carbocycles. The Balaban J connectivity index is 1.86. The van der Waals surface area contributed by atoms with Gasteiger partial charge in [-0.3, -0.25) is 4.98 Å². The minimum absolute atomic E-state index is 0.0805. The maximum Gasteiger partial charge on any atom is 0.280 e. The normalized spacial score (nSPS) is 15.5. The maximum absolute atomic E-state index is 13.6. The molecule has 7 nitrogen and oxygen atoms in total. The van der Waals surface area contributed by atoms with E-state index in [0.29, 0.717) is 54.1 Å². The molecule has 1 aliphatic rings. The summed E-state index contributed by atoms with van der Waals surface area (Å²) in [4.78, 5) is 12.5. The first-order valence-electron chi connectivity index (χ1n) is 10.8. The number of nitrogen functional groups attached to an aromatic ring is 1. The second kappa shape index (κ2) is 9.94. The van der Waals surface area contributed by atoms with Gasteiger partial charge in [-0.2, -0.15) is 4.98 Å². The molecule has 0 atom stereocenters. The minimum Gasteiger partial charge on any atom is -0.476 e. The van der Waals surface area contributed by atoms with E-state index in [0.717, 1.165) is 0 Å². The molecule has 2 aromatic heterocycles. The third kappa shape index (κ3) is 5.13. The Kier molecular flexibility index (Phi) is 6.99. The van der Waals surface area contributed by atoms with Crippen molar-refractivity contribution in [2.24, 2.45) is 5.41 Å². The van der Waals surface area contributed by atoms with Crippen LogP contribution in [0.15, 0.2) is 36.4 Å². The number of rotatable bonds is 7. The Hall–Kier alpha value is -3.24. The molecule has 3 N–H and O–H groups in total. The van der Waals surface area contributed by atoms with Gasteiger partial charge in [0.1, 0.15) is 11.5 Å². The van der Waals surface area contributed by atoms with Crippen LogP contribution in [0.25, 0.3) is 22.4 Å². The Morgan fingerprint density at radius 2 is 1.79 bits per heavy atom. The number of nitrogens with two attached hydrogens (primary N) is 1.